The Kier molecular flexibility index (Phi) is 5.86. The maximum absolute atomic E-state index is 11.6. The minimum Gasteiger partial charge on any atom is -0.496 e. The highest BCUT2D eigenvalue weighted by Crippen LogP contribution is 2.52. The highest BCUT2D eigenvalue weighted by Gasteiger charge is 2.70. The maximum atomic E-state index is 11.6. The summed E-state index contributed by atoms with van der Waals surface area (Å²) in [5.74, 6) is 0.893. The number of ether oxygens (including phenoxy) is 3. The molecule has 0 saturated carbocycles. The zero-order chi connectivity index (χ0) is 22.3. The van der Waals surface area contributed by atoms with E-state index in [2.05, 4.69) is 0 Å². The smallest absolute Gasteiger partial charge is 0.339 e. The van der Waals surface area contributed by atoms with Crippen molar-refractivity contribution in [1.82, 2.24) is 0 Å². The molecule has 1 aromatic rings. The lowest BCUT2D eigenvalue weighted by Crippen LogP contribution is -2.69. The van der Waals surface area contributed by atoms with E-state index in [4.69, 9.17) is 18.6 Å². The molecule has 2 fully saturated rings. The van der Waals surface area contributed by atoms with Gasteiger partial charge in [0.1, 0.15) is 40.5 Å². The molecule has 0 spiro atoms. The third kappa shape index (κ3) is 3.56. The third-order valence-electron chi connectivity index (χ3n) is 6.28. The van der Waals surface area contributed by atoms with E-state index in [-0.39, 0.29) is 6.10 Å². The highest BCUT2D eigenvalue weighted by atomic mass is 16.6. The molecule has 0 aromatic carbocycles. The molecular weight excluding hydrogens is 388 g/mol. The van der Waals surface area contributed by atoms with Crippen LogP contribution in [0.5, 0.6) is 5.75 Å². The molecule has 3 rings (SSSR count). The Balaban J connectivity index is 1.74. The molecule has 0 amide bonds. The first kappa shape index (κ1) is 22.5. The van der Waals surface area contributed by atoms with Crippen LogP contribution in [0.3, 0.4) is 0 Å². The topological polar surface area (TPSA) is 98.4 Å². The van der Waals surface area contributed by atoms with Gasteiger partial charge in [-0.25, -0.2) is 4.79 Å². The molecule has 30 heavy (non-hydrogen) atoms. The number of fused-ring (bicyclic) bond motifs is 2. The Labute approximate surface area is 176 Å². The average Bonchev–Trinajstić information content (AvgIpc) is 2.82. The van der Waals surface area contributed by atoms with Crippen LogP contribution in [-0.2, 0) is 9.47 Å². The van der Waals surface area contributed by atoms with Crippen LogP contribution < -0.4 is 10.4 Å². The summed E-state index contributed by atoms with van der Waals surface area (Å²) in [6, 6.07) is 1.30. The Bertz CT molecular complexity index is 945. The molecule has 2 N–H and O–H groups in total. The average molecular weight is 418 g/mol. The molecule has 2 bridgehead atoms. The van der Waals surface area contributed by atoms with E-state index < -0.39 is 34.6 Å². The normalized spacial score (nSPS) is 38.9. The summed E-state index contributed by atoms with van der Waals surface area (Å²) in [4.78, 5) is 11.6. The van der Waals surface area contributed by atoms with Crippen molar-refractivity contribution < 1.29 is 28.8 Å². The summed E-state index contributed by atoms with van der Waals surface area (Å²) < 4.78 is 22.4. The van der Waals surface area contributed by atoms with Gasteiger partial charge in [0.15, 0.2) is 0 Å². The van der Waals surface area contributed by atoms with Crippen LogP contribution in [0.25, 0.3) is 6.08 Å². The van der Waals surface area contributed by atoms with Gasteiger partial charge in [0.2, 0.25) is 0 Å². The van der Waals surface area contributed by atoms with Crippen LogP contribution in [-0.4, -0.2) is 52.4 Å². The van der Waals surface area contributed by atoms with Gasteiger partial charge in [-0.05, 0) is 40.7 Å². The lowest BCUT2D eigenvalue weighted by atomic mass is 9.73. The summed E-state index contributed by atoms with van der Waals surface area (Å²) in [6.45, 7) is 8.92. The molecule has 7 heteroatoms. The number of aliphatic hydroxyl groups excluding tert-OH is 2. The molecule has 6 atom stereocenters. The standard InChI is InChI=1S/C23H30O7/c1-14-16(28-18(24)13-17(14)27-6)11-9-7-8-10-12-21(3)19(25)23(5)20(26)22(4,30-21)15(2)29-23/h7-13,15,19-20,25-26H,1-6H3/t15-,19+,20+,21-,22+,23+/m0/s1. The molecule has 2 aliphatic heterocycles. The fourth-order valence-electron chi connectivity index (χ4n) is 4.37. The van der Waals surface area contributed by atoms with Gasteiger partial charge in [0.25, 0.3) is 0 Å². The molecule has 2 aliphatic rings. The van der Waals surface area contributed by atoms with Crippen molar-refractivity contribution in [2.75, 3.05) is 7.11 Å². The van der Waals surface area contributed by atoms with Crippen LogP contribution in [0.15, 0.2) is 45.7 Å². The van der Waals surface area contributed by atoms with Crippen LogP contribution >= 0.6 is 0 Å². The van der Waals surface area contributed by atoms with E-state index in [0.29, 0.717) is 11.5 Å². The van der Waals surface area contributed by atoms with Crippen LogP contribution in [0.2, 0.25) is 0 Å². The second-order valence-electron chi connectivity index (χ2n) is 8.44. The van der Waals surface area contributed by atoms with E-state index >= 15 is 0 Å². The zero-order valence-electron chi connectivity index (χ0n) is 18.2. The Hall–Kier alpha value is -2.19. The summed E-state index contributed by atoms with van der Waals surface area (Å²) in [6.07, 6.45) is 8.11. The molecule has 0 radical (unpaired) electrons. The Morgan fingerprint density at radius 3 is 2.40 bits per heavy atom. The fourth-order valence-corrected chi connectivity index (χ4v) is 4.37. The van der Waals surface area contributed by atoms with E-state index in [1.165, 1.54) is 13.2 Å². The maximum Gasteiger partial charge on any atom is 0.339 e. The quantitative estimate of drug-likeness (QED) is 0.709. The number of rotatable bonds is 5. The first-order valence-corrected chi connectivity index (χ1v) is 9.93. The van der Waals surface area contributed by atoms with E-state index in [0.717, 1.165) is 5.56 Å². The van der Waals surface area contributed by atoms with Gasteiger partial charge < -0.3 is 28.8 Å². The van der Waals surface area contributed by atoms with Crippen molar-refractivity contribution in [3.63, 3.8) is 0 Å². The van der Waals surface area contributed by atoms with Crippen molar-refractivity contribution in [2.45, 2.75) is 69.7 Å². The first-order valence-electron chi connectivity index (χ1n) is 9.93. The largest absolute Gasteiger partial charge is 0.496 e. The van der Waals surface area contributed by atoms with Crippen LogP contribution in [0, 0.1) is 6.92 Å². The van der Waals surface area contributed by atoms with E-state index in [1.807, 2.05) is 6.92 Å². The van der Waals surface area contributed by atoms with Gasteiger partial charge in [-0.15, -0.1) is 0 Å². The number of methoxy groups -OCH3 is 1. The van der Waals surface area contributed by atoms with Gasteiger partial charge in [0, 0.05) is 5.56 Å². The summed E-state index contributed by atoms with van der Waals surface area (Å²) in [5, 5.41) is 21.5. The first-order chi connectivity index (χ1) is 14.0. The molecule has 1 aromatic heterocycles. The highest BCUT2D eigenvalue weighted by molar-refractivity contribution is 5.52. The lowest BCUT2D eigenvalue weighted by Gasteiger charge is -2.51. The number of aliphatic hydroxyl groups is 2. The minimum atomic E-state index is -1.11. The summed E-state index contributed by atoms with van der Waals surface area (Å²) >= 11 is 0. The second-order valence-corrected chi connectivity index (χ2v) is 8.44. The SMILES string of the molecule is COc1cc(=O)oc(C=CC=CC=C[C@]2(C)O[C@@]3(C)[C@@H](O)[C@](C)(O[C@H]3C)[C@@H]2O)c1C. The van der Waals surface area contributed by atoms with Crippen LogP contribution in [0.4, 0.5) is 0 Å². The third-order valence-corrected chi connectivity index (χ3v) is 6.28. The van der Waals surface area contributed by atoms with Crippen molar-refractivity contribution >= 4 is 6.08 Å². The Morgan fingerprint density at radius 2 is 1.73 bits per heavy atom. The van der Waals surface area contributed by atoms with Gasteiger partial charge in [-0.1, -0.05) is 30.4 Å². The summed E-state index contributed by atoms with van der Waals surface area (Å²) in [7, 11) is 1.50. The number of hydrogen-bond donors (Lipinski definition) is 2. The predicted octanol–water partition coefficient (Wildman–Crippen LogP) is 2.53. The minimum absolute atomic E-state index is 0.360. The number of allylic oxidation sites excluding steroid dienone is 4. The lowest BCUT2D eigenvalue weighted by molar-refractivity contribution is -0.261. The van der Waals surface area contributed by atoms with Crippen molar-refractivity contribution in [1.29, 1.82) is 0 Å². The van der Waals surface area contributed by atoms with Gasteiger partial charge in [-0.3, -0.25) is 0 Å². The Morgan fingerprint density at radius 1 is 1.07 bits per heavy atom. The molecule has 3 heterocycles. The number of hydrogen-bond acceptors (Lipinski definition) is 7. The van der Waals surface area contributed by atoms with Crippen molar-refractivity contribution in [2.24, 2.45) is 0 Å². The zero-order valence-corrected chi connectivity index (χ0v) is 18.2. The summed E-state index contributed by atoms with van der Waals surface area (Å²) in [5.41, 5.74) is -2.81. The van der Waals surface area contributed by atoms with Crippen molar-refractivity contribution in [3.05, 3.63) is 58.2 Å². The molecule has 0 aliphatic carbocycles. The predicted molar refractivity (Wildman–Crippen MR) is 112 cm³/mol. The molecule has 0 unspecified atom stereocenters. The van der Waals surface area contributed by atoms with E-state index in [1.54, 1.807) is 64.2 Å². The van der Waals surface area contributed by atoms with Crippen LogP contribution in [0.1, 0.15) is 39.0 Å². The molecular formula is C23H30O7. The molecule has 164 valence electrons. The van der Waals surface area contributed by atoms with Gasteiger partial charge in [0.05, 0.1) is 19.3 Å². The second kappa shape index (κ2) is 7.81. The fraction of sp³-hybridized carbons (Fsp3) is 0.522. The van der Waals surface area contributed by atoms with Crippen molar-refractivity contribution in [3.8, 4) is 5.75 Å². The monoisotopic (exact) mass is 418 g/mol. The van der Waals surface area contributed by atoms with E-state index in [9.17, 15) is 15.0 Å². The van der Waals surface area contributed by atoms with Gasteiger partial charge >= 0.3 is 5.63 Å². The molecule has 2 saturated heterocycles. The van der Waals surface area contributed by atoms with Gasteiger partial charge in [-0.2, -0.15) is 0 Å². The molecule has 7 nitrogen and oxygen atoms in total.